The van der Waals surface area contributed by atoms with Gasteiger partial charge in [-0.1, -0.05) is 47.7 Å². The van der Waals surface area contributed by atoms with E-state index in [4.69, 9.17) is 0 Å². The molecule has 0 bridgehead atoms. The highest BCUT2D eigenvalue weighted by Gasteiger charge is 2.07. The zero-order chi connectivity index (χ0) is 14.5. The van der Waals surface area contributed by atoms with Gasteiger partial charge >= 0.3 is 0 Å². The molecule has 0 radical (unpaired) electrons. The van der Waals surface area contributed by atoms with Crippen LogP contribution in [0.5, 0.6) is 0 Å². The van der Waals surface area contributed by atoms with Crippen molar-refractivity contribution < 1.29 is 4.79 Å². The molecule has 3 rings (SSSR count). The summed E-state index contributed by atoms with van der Waals surface area (Å²) in [6.45, 7) is 0.0760. The van der Waals surface area contributed by atoms with Crippen LogP contribution in [0.3, 0.4) is 0 Å². The first kappa shape index (κ1) is 13.0. The molecule has 0 saturated carbocycles. The van der Waals surface area contributed by atoms with Crippen LogP contribution in [-0.2, 0) is 11.3 Å². The first-order chi connectivity index (χ1) is 10.3. The van der Waals surface area contributed by atoms with Gasteiger partial charge in [0.05, 0.1) is 11.7 Å². The van der Waals surface area contributed by atoms with Gasteiger partial charge in [0.2, 0.25) is 0 Å². The topological polar surface area (TPSA) is 72.2 Å². The zero-order valence-electron chi connectivity index (χ0n) is 11.2. The number of hydrogen-bond donors (Lipinski definition) is 1. The Morgan fingerprint density at radius 1 is 1.14 bits per heavy atom. The molecule has 1 amide bonds. The number of nitrogens with one attached hydrogen (secondary N) is 1. The number of aromatic nitrogens is 3. The number of nitrogens with zero attached hydrogens (tertiary/aromatic N) is 4. The fourth-order valence-corrected chi connectivity index (χ4v) is 1.92. The fourth-order valence-electron chi connectivity index (χ4n) is 1.92. The summed E-state index contributed by atoms with van der Waals surface area (Å²) in [5, 5.41) is 11.9. The minimum atomic E-state index is -0.252. The summed E-state index contributed by atoms with van der Waals surface area (Å²) in [5.41, 5.74) is 4.98. The molecule has 0 aliphatic rings. The highest BCUT2D eigenvalue weighted by Crippen LogP contribution is 2.08. The van der Waals surface area contributed by atoms with Crippen molar-refractivity contribution >= 4 is 23.2 Å². The number of carbonyl (C=O) groups excluding carboxylic acids is 1. The van der Waals surface area contributed by atoms with Gasteiger partial charge in [0, 0.05) is 0 Å². The molecule has 1 N–H and O–H groups in total. The number of fused-ring (bicyclic) bond motifs is 1. The second-order valence-corrected chi connectivity index (χ2v) is 4.44. The smallest absolute Gasteiger partial charge is 0.261 e. The summed E-state index contributed by atoms with van der Waals surface area (Å²) in [4.78, 5) is 11.8. The molecular formula is C15H13N5O. The molecule has 0 unspecified atom stereocenters. The Hall–Kier alpha value is -3.02. The highest BCUT2D eigenvalue weighted by molar-refractivity contribution is 5.83. The van der Waals surface area contributed by atoms with E-state index in [1.54, 1.807) is 10.9 Å². The molecule has 104 valence electrons. The Morgan fingerprint density at radius 2 is 1.90 bits per heavy atom. The lowest BCUT2D eigenvalue weighted by Crippen LogP contribution is -2.23. The van der Waals surface area contributed by atoms with Crippen LogP contribution in [0.25, 0.3) is 11.0 Å². The standard InChI is InChI=1S/C15H13N5O/c21-15(18-16-10-12-6-2-1-3-7-12)11-20-14-9-5-4-8-13(14)17-19-20/h1-10H,11H2,(H,18,21)/b16-10-. The maximum Gasteiger partial charge on any atom is 0.261 e. The third kappa shape index (κ3) is 3.11. The molecule has 1 aromatic heterocycles. The molecule has 2 aromatic carbocycles. The first-order valence-corrected chi connectivity index (χ1v) is 6.48. The quantitative estimate of drug-likeness (QED) is 0.582. The molecule has 0 aliphatic heterocycles. The van der Waals surface area contributed by atoms with Crippen molar-refractivity contribution in [2.75, 3.05) is 0 Å². The minimum absolute atomic E-state index is 0.0760. The Kier molecular flexibility index (Phi) is 3.68. The maximum atomic E-state index is 11.8. The molecule has 6 heteroatoms. The van der Waals surface area contributed by atoms with E-state index in [-0.39, 0.29) is 12.5 Å². The number of carbonyl (C=O) groups is 1. The van der Waals surface area contributed by atoms with E-state index in [1.165, 1.54) is 0 Å². The Bertz CT molecular complexity index is 779. The molecular weight excluding hydrogens is 266 g/mol. The number of para-hydroxylation sites is 1. The highest BCUT2D eigenvalue weighted by atomic mass is 16.2. The van der Waals surface area contributed by atoms with E-state index in [2.05, 4.69) is 20.8 Å². The van der Waals surface area contributed by atoms with Gasteiger partial charge in [0.1, 0.15) is 12.1 Å². The summed E-state index contributed by atoms with van der Waals surface area (Å²) in [6, 6.07) is 17.0. The SMILES string of the molecule is O=C(Cn1nnc2ccccc21)N/N=C\c1ccccc1. The Labute approximate surface area is 121 Å². The normalized spacial score (nSPS) is 11.0. The molecule has 0 aliphatic carbocycles. The first-order valence-electron chi connectivity index (χ1n) is 6.48. The summed E-state index contributed by atoms with van der Waals surface area (Å²) < 4.78 is 1.54. The number of rotatable bonds is 4. The van der Waals surface area contributed by atoms with Crippen LogP contribution >= 0.6 is 0 Å². The summed E-state index contributed by atoms with van der Waals surface area (Å²) in [5.74, 6) is -0.252. The average molecular weight is 279 g/mol. The maximum absolute atomic E-state index is 11.8. The van der Waals surface area contributed by atoms with E-state index >= 15 is 0 Å². The number of amides is 1. The van der Waals surface area contributed by atoms with Crippen molar-refractivity contribution in [2.24, 2.45) is 5.10 Å². The van der Waals surface area contributed by atoms with Gasteiger partial charge in [-0.05, 0) is 17.7 Å². The van der Waals surface area contributed by atoms with Crippen LogP contribution < -0.4 is 5.43 Å². The van der Waals surface area contributed by atoms with E-state index in [0.717, 1.165) is 16.6 Å². The summed E-state index contributed by atoms with van der Waals surface area (Å²) in [6.07, 6.45) is 1.59. The van der Waals surface area contributed by atoms with Crippen LogP contribution in [0.4, 0.5) is 0 Å². The average Bonchev–Trinajstić information content (AvgIpc) is 2.92. The van der Waals surface area contributed by atoms with Crippen LogP contribution in [0.15, 0.2) is 59.7 Å². The molecule has 1 heterocycles. The number of benzene rings is 2. The monoisotopic (exact) mass is 279 g/mol. The second-order valence-electron chi connectivity index (χ2n) is 4.44. The van der Waals surface area contributed by atoms with Crippen molar-refractivity contribution in [3.63, 3.8) is 0 Å². The van der Waals surface area contributed by atoms with Gasteiger partial charge in [-0.15, -0.1) is 5.10 Å². The van der Waals surface area contributed by atoms with Gasteiger partial charge in [0.15, 0.2) is 0 Å². The zero-order valence-corrected chi connectivity index (χ0v) is 11.2. The predicted molar refractivity (Wildman–Crippen MR) is 79.7 cm³/mol. The predicted octanol–water partition coefficient (Wildman–Crippen LogP) is 1.58. The van der Waals surface area contributed by atoms with Gasteiger partial charge < -0.3 is 0 Å². The van der Waals surface area contributed by atoms with Crippen LogP contribution in [-0.4, -0.2) is 27.1 Å². The van der Waals surface area contributed by atoms with Crippen molar-refractivity contribution in [2.45, 2.75) is 6.54 Å². The molecule has 21 heavy (non-hydrogen) atoms. The van der Waals surface area contributed by atoms with E-state index in [0.29, 0.717) is 0 Å². The van der Waals surface area contributed by atoms with Gasteiger partial charge in [0.25, 0.3) is 5.91 Å². The molecule has 0 fully saturated rings. The van der Waals surface area contributed by atoms with Crippen molar-refractivity contribution in [3.05, 3.63) is 60.2 Å². The van der Waals surface area contributed by atoms with Gasteiger partial charge in [-0.25, -0.2) is 10.1 Å². The van der Waals surface area contributed by atoms with Crippen molar-refractivity contribution in [3.8, 4) is 0 Å². The molecule has 3 aromatic rings. The summed E-state index contributed by atoms with van der Waals surface area (Å²) in [7, 11) is 0. The lowest BCUT2D eigenvalue weighted by atomic mass is 10.2. The van der Waals surface area contributed by atoms with Crippen molar-refractivity contribution in [1.29, 1.82) is 0 Å². The van der Waals surface area contributed by atoms with Gasteiger partial charge in [-0.3, -0.25) is 4.79 Å². The van der Waals surface area contributed by atoms with Crippen molar-refractivity contribution in [1.82, 2.24) is 20.4 Å². The minimum Gasteiger partial charge on any atom is -0.271 e. The number of hydrogen-bond acceptors (Lipinski definition) is 4. The van der Waals surface area contributed by atoms with Gasteiger partial charge in [-0.2, -0.15) is 5.10 Å². The number of hydrazone groups is 1. The fraction of sp³-hybridized carbons (Fsp3) is 0.0667. The molecule has 0 atom stereocenters. The Balaban J connectivity index is 1.63. The van der Waals surface area contributed by atoms with E-state index < -0.39 is 0 Å². The lowest BCUT2D eigenvalue weighted by Gasteiger charge is -2.00. The van der Waals surface area contributed by atoms with Crippen LogP contribution in [0.2, 0.25) is 0 Å². The Morgan fingerprint density at radius 3 is 2.76 bits per heavy atom. The lowest BCUT2D eigenvalue weighted by molar-refractivity contribution is -0.121. The third-order valence-electron chi connectivity index (χ3n) is 2.92. The second kappa shape index (κ2) is 5.96. The third-order valence-corrected chi connectivity index (χ3v) is 2.92. The molecule has 6 nitrogen and oxygen atoms in total. The molecule has 0 saturated heterocycles. The van der Waals surface area contributed by atoms with Crippen LogP contribution in [0.1, 0.15) is 5.56 Å². The van der Waals surface area contributed by atoms with Crippen LogP contribution in [0, 0.1) is 0 Å². The van der Waals surface area contributed by atoms with E-state index in [1.807, 2.05) is 54.6 Å². The largest absolute Gasteiger partial charge is 0.271 e. The summed E-state index contributed by atoms with van der Waals surface area (Å²) >= 11 is 0. The molecule has 0 spiro atoms. The van der Waals surface area contributed by atoms with E-state index in [9.17, 15) is 4.79 Å².